The van der Waals surface area contributed by atoms with Gasteiger partial charge in [-0.1, -0.05) is 60.5 Å². The van der Waals surface area contributed by atoms with Crippen LogP contribution in [0.1, 0.15) is 41.6 Å². The zero-order valence-electron chi connectivity index (χ0n) is 13.3. The van der Waals surface area contributed by atoms with E-state index in [0.717, 1.165) is 12.0 Å². The molecule has 0 unspecified atom stereocenters. The minimum atomic E-state index is -0.0000694. The van der Waals surface area contributed by atoms with Crippen LogP contribution in [0.3, 0.4) is 0 Å². The molecule has 0 aliphatic carbocycles. The smallest absolute Gasteiger partial charge is 0.224 e. The van der Waals surface area contributed by atoms with Crippen LogP contribution >= 0.6 is 11.6 Å². The van der Waals surface area contributed by atoms with E-state index in [1.807, 2.05) is 24.3 Å². The number of amides is 1. The van der Waals surface area contributed by atoms with Crippen molar-refractivity contribution < 1.29 is 4.79 Å². The summed E-state index contributed by atoms with van der Waals surface area (Å²) in [6, 6.07) is 13.9. The van der Waals surface area contributed by atoms with Crippen LogP contribution in [0.2, 0.25) is 5.02 Å². The predicted octanol–water partition coefficient (Wildman–Crippen LogP) is 4.77. The van der Waals surface area contributed by atoms with Crippen molar-refractivity contribution in [2.45, 2.75) is 39.7 Å². The van der Waals surface area contributed by atoms with E-state index in [4.69, 9.17) is 11.6 Å². The first kappa shape index (κ1) is 16.6. The lowest BCUT2D eigenvalue weighted by atomic mass is 9.97. The Morgan fingerprint density at radius 2 is 1.91 bits per heavy atom. The van der Waals surface area contributed by atoms with Crippen molar-refractivity contribution in [3.05, 3.63) is 69.7 Å². The number of nitrogens with one attached hydrogen (secondary N) is 1. The summed E-state index contributed by atoms with van der Waals surface area (Å²) in [6.45, 7) is 6.25. The molecule has 1 N–H and O–H groups in total. The fraction of sp³-hybridized carbons (Fsp3) is 0.316. The second-order valence-corrected chi connectivity index (χ2v) is 6.06. The molecule has 2 nitrogen and oxygen atoms in total. The minimum Gasteiger partial charge on any atom is -0.349 e. The molecule has 1 amide bonds. The summed E-state index contributed by atoms with van der Waals surface area (Å²) in [7, 11) is 0. The molecule has 0 aliphatic heterocycles. The highest BCUT2D eigenvalue weighted by Crippen LogP contribution is 2.22. The maximum Gasteiger partial charge on any atom is 0.224 e. The van der Waals surface area contributed by atoms with E-state index in [9.17, 15) is 4.79 Å². The Labute approximate surface area is 137 Å². The number of halogens is 1. The Morgan fingerprint density at radius 1 is 1.18 bits per heavy atom. The first-order chi connectivity index (χ1) is 10.5. The van der Waals surface area contributed by atoms with E-state index >= 15 is 0 Å². The van der Waals surface area contributed by atoms with Gasteiger partial charge in [0.15, 0.2) is 0 Å². The molecular formula is C19H22ClNO. The number of carbonyl (C=O) groups excluding carboxylic acids is 1. The van der Waals surface area contributed by atoms with Crippen LogP contribution in [0.25, 0.3) is 0 Å². The average Bonchev–Trinajstić information content (AvgIpc) is 2.48. The Hall–Kier alpha value is -1.80. The highest BCUT2D eigenvalue weighted by atomic mass is 35.5. The van der Waals surface area contributed by atoms with Crippen LogP contribution in [0, 0.1) is 13.8 Å². The Bertz CT molecular complexity index is 666. The lowest BCUT2D eigenvalue weighted by Crippen LogP contribution is -2.30. The summed E-state index contributed by atoms with van der Waals surface area (Å²) in [6.07, 6.45) is 1.17. The molecule has 0 spiro atoms. The summed E-state index contributed by atoms with van der Waals surface area (Å²) in [4.78, 5) is 12.3. The largest absolute Gasteiger partial charge is 0.349 e. The minimum absolute atomic E-state index is 0.0000694. The first-order valence-corrected chi connectivity index (χ1v) is 7.99. The normalized spacial score (nSPS) is 12.0. The summed E-state index contributed by atoms with van der Waals surface area (Å²) in [5, 5.41) is 3.76. The molecule has 0 saturated heterocycles. The van der Waals surface area contributed by atoms with E-state index in [1.165, 1.54) is 16.7 Å². The topological polar surface area (TPSA) is 29.1 Å². The fourth-order valence-corrected chi connectivity index (χ4v) is 2.88. The molecule has 0 aromatic heterocycles. The number of hydrogen-bond acceptors (Lipinski definition) is 1. The molecule has 3 heteroatoms. The molecule has 116 valence electrons. The van der Waals surface area contributed by atoms with Gasteiger partial charge in [-0.05, 0) is 43.0 Å². The summed E-state index contributed by atoms with van der Waals surface area (Å²) >= 11 is 6.12. The van der Waals surface area contributed by atoms with E-state index < -0.39 is 0 Å². The number of aryl methyl sites for hydroxylation is 2. The van der Waals surface area contributed by atoms with Crippen molar-refractivity contribution in [1.82, 2.24) is 5.32 Å². The molecule has 2 aromatic carbocycles. The van der Waals surface area contributed by atoms with Crippen LogP contribution in [0.4, 0.5) is 0 Å². The third kappa shape index (κ3) is 4.11. The molecule has 0 bridgehead atoms. The second-order valence-electron chi connectivity index (χ2n) is 5.66. The average molecular weight is 316 g/mol. The molecule has 2 rings (SSSR count). The predicted molar refractivity (Wildman–Crippen MR) is 92.2 cm³/mol. The molecule has 2 aromatic rings. The molecule has 0 radical (unpaired) electrons. The molecule has 1 atom stereocenters. The molecule has 22 heavy (non-hydrogen) atoms. The SMILES string of the molecule is CC[C@H](NC(=O)Cc1ccccc1Cl)c1ccc(C)cc1C. The lowest BCUT2D eigenvalue weighted by molar-refractivity contribution is -0.121. The van der Waals surface area contributed by atoms with Gasteiger partial charge in [-0.3, -0.25) is 4.79 Å². The van der Waals surface area contributed by atoms with Crippen molar-refractivity contribution in [1.29, 1.82) is 0 Å². The van der Waals surface area contributed by atoms with Crippen LogP contribution < -0.4 is 5.32 Å². The van der Waals surface area contributed by atoms with Gasteiger partial charge in [-0.15, -0.1) is 0 Å². The van der Waals surface area contributed by atoms with Gasteiger partial charge in [-0.25, -0.2) is 0 Å². The number of carbonyl (C=O) groups is 1. The lowest BCUT2D eigenvalue weighted by Gasteiger charge is -2.20. The maximum absolute atomic E-state index is 12.3. The Kier molecular flexibility index (Phi) is 5.62. The number of rotatable bonds is 5. The first-order valence-electron chi connectivity index (χ1n) is 7.61. The van der Waals surface area contributed by atoms with Crippen molar-refractivity contribution in [2.24, 2.45) is 0 Å². The van der Waals surface area contributed by atoms with Gasteiger partial charge in [-0.2, -0.15) is 0 Å². The van der Waals surface area contributed by atoms with Gasteiger partial charge in [0.05, 0.1) is 12.5 Å². The van der Waals surface area contributed by atoms with E-state index in [1.54, 1.807) is 0 Å². The molecule has 0 aliphatic rings. The van der Waals surface area contributed by atoms with Gasteiger partial charge >= 0.3 is 0 Å². The second kappa shape index (κ2) is 7.46. The van der Waals surface area contributed by atoms with Gasteiger partial charge in [0.1, 0.15) is 0 Å². The van der Waals surface area contributed by atoms with Crippen molar-refractivity contribution in [2.75, 3.05) is 0 Å². The molecule has 0 fully saturated rings. The summed E-state index contributed by atoms with van der Waals surface area (Å²) in [5.41, 5.74) is 4.49. The van der Waals surface area contributed by atoms with E-state index in [2.05, 4.69) is 44.3 Å². The Morgan fingerprint density at radius 3 is 2.55 bits per heavy atom. The van der Waals surface area contributed by atoms with E-state index in [0.29, 0.717) is 11.4 Å². The quantitative estimate of drug-likeness (QED) is 0.846. The maximum atomic E-state index is 12.3. The highest BCUT2D eigenvalue weighted by molar-refractivity contribution is 6.31. The van der Waals surface area contributed by atoms with Crippen LogP contribution in [0.15, 0.2) is 42.5 Å². The van der Waals surface area contributed by atoms with Gasteiger partial charge in [0, 0.05) is 5.02 Å². The van der Waals surface area contributed by atoms with Crippen LogP contribution in [-0.2, 0) is 11.2 Å². The Balaban J connectivity index is 2.10. The zero-order chi connectivity index (χ0) is 16.1. The summed E-state index contributed by atoms with van der Waals surface area (Å²) in [5.74, 6) is -0.0000694. The third-order valence-corrected chi connectivity index (χ3v) is 4.22. The molecule has 0 saturated carbocycles. The van der Waals surface area contributed by atoms with E-state index in [-0.39, 0.29) is 11.9 Å². The fourth-order valence-electron chi connectivity index (χ4n) is 2.68. The summed E-state index contributed by atoms with van der Waals surface area (Å²) < 4.78 is 0. The highest BCUT2D eigenvalue weighted by Gasteiger charge is 2.15. The standard InChI is InChI=1S/C19H22ClNO/c1-4-18(16-10-9-13(2)11-14(16)3)21-19(22)12-15-7-5-6-8-17(15)20/h5-11,18H,4,12H2,1-3H3,(H,21,22)/t18-/m0/s1. The molecule has 0 heterocycles. The third-order valence-electron chi connectivity index (χ3n) is 3.85. The van der Waals surface area contributed by atoms with Gasteiger partial charge in [0.25, 0.3) is 0 Å². The van der Waals surface area contributed by atoms with Crippen molar-refractivity contribution in [3.8, 4) is 0 Å². The van der Waals surface area contributed by atoms with Crippen LogP contribution in [-0.4, -0.2) is 5.91 Å². The van der Waals surface area contributed by atoms with Gasteiger partial charge < -0.3 is 5.32 Å². The zero-order valence-corrected chi connectivity index (χ0v) is 14.1. The van der Waals surface area contributed by atoms with Crippen LogP contribution in [0.5, 0.6) is 0 Å². The van der Waals surface area contributed by atoms with Gasteiger partial charge in [0.2, 0.25) is 5.91 Å². The number of hydrogen-bond donors (Lipinski definition) is 1. The van der Waals surface area contributed by atoms with Crippen molar-refractivity contribution in [3.63, 3.8) is 0 Å². The van der Waals surface area contributed by atoms with Crippen molar-refractivity contribution >= 4 is 17.5 Å². The number of benzene rings is 2. The monoisotopic (exact) mass is 315 g/mol. The molecular weight excluding hydrogens is 294 g/mol.